The van der Waals surface area contributed by atoms with Crippen LogP contribution in [0.25, 0.3) is 0 Å². The molecule has 1 aliphatic heterocycles. The van der Waals surface area contributed by atoms with E-state index in [-0.39, 0.29) is 36.5 Å². The molecule has 0 N–H and O–H groups in total. The van der Waals surface area contributed by atoms with Crippen LogP contribution in [0.5, 0.6) is 11.6 Å². The summed E-state index contributed by atoms with van der Waals surface area (Å²) in [4.78, 5) is 16.4. The van der Waals surface area contributed by atoms with Crippen LogP contribution in [0.15, 0.2) is 35.4 Å². The number of aryl methyl sites for hydroxylation is 1. The Kier molecular flexibility index (Phi) is 6.49. The topological polar surface area (TPSA) is 106 Å². The van der Waals surface area contributed by atoms with Crippen LogP contribution < -0.4 is 9.47 Å². The average Bonchev–Trinajstić information content (AvgIpc) is 3.17. The molecule has 30 heavy (non-hydrogen) atoms. The van der Waals surface area contributed by atoms with E-state index in [0.717, 1.165) is 0 Å². The SMILES string of the molecule is COCc1cc(C)nc(OCC2=NN(C(C)=O)[C@@H](c3cccc(OC)c3)O2)c1C#N. The van der Waals surface area contributed by atoms with E-state index < -0.39 is 6.23 Å². The first kappa shape index (κ1) is 21.1. The molecule has 1 aliphatic rings. The summed E-state index contributed by atoms with van der Waals surface area (Å²) in [5.41, 5.74) is 2.35. The summed E-state index contributed by atoms with van der Waals surface area (Å²) >= 11 is 0. The van der Waals surface area contributed by atoms with Crippen molar-refractivity contribution in [3.63, 3.8) is 0 Å². The van der Waals surface area contributed by atoms with E-state index in [1.54, 1.807) is 45.4 Å². The third-order valence-electron chi connectivity index (χ3n) is 4.33. The van der Waals surface area contributed by atoms with Gasteiger partial charge in [0.15, 0.2) is 6.61 Å². The molecule has 156 valence electrons. The van der Waals surface area contributed by atoms with E-state index in [0.29, 0.717) is 22.6 Å². The Bertz CT molecular complexity index is 1010. The van der Waals surface area contributed by atoms with Gasteiger partial charge in [-0.25, -0.2) is 4.98 Å². The predicted molar refractivity (Wildman–Crippen MR) is 107 cm³/mol. The normalized spacial score (nSPS) is 15.2. The summed E-state index contributed by atoms with van der Waals surface area (Å²) < 4.78 is 22.0. The Hall–Kier alpha value is -3.64. The van der Waals surface area contributed by atoms with Gasteiger partial charge in [-0.15, -0.1) is 5.10 Å². The maximum Gasteiger partial charge on any atom is 0.247 e. The fourth-order valence-corrected chi connectivity index (χ4v) is 3.01. The molecule has 1 aromatic carbocycles. The van der Waals surface area contributed by atoms with Crippen molar-refractivity contribution < 1.29 is 23.7 Å². The van der Waals surface area contributed by atoms with Crippen LogP contribution in [0.3, 0.4) is 0 Å². The van der Waals surface area contributed by atoms with Crippen molar-refractivity contribution in [3.05, 3.63) is 52.7 Å². The Morgan fingerprint density at radius 2 is 2.10 bits per heavy atom. The second kappa shape index (κ2) is 9.24. The molecule has 2 aromatic rings. The molecule has 0 saturated heterocycles. The molecule has 0 unspecified atom stereocenters. The van der Waals surface area contributed by atoms with Gasteiger partial charge in [0, 0.05) is 30.9 Å². The lowest BCUT2D eigenvalue weighted by atomic mass is 10.1. The minimum atomic E-state index is -0.735. The van der Waals surface area contributed by atoms with Crippen molar-refractivity contribution in [2.24, 2.45) is 5.10 Å². The zero-order chi connectivity index (χ0) is 21.7. The lowest BCUT2D eigenvalue weighted by Crippen LogP contribution is -2.25. The minimum absolute atomic E-state index is 0.0954. The fourth-order valence-electron chi connectivity index (χ4n) is 3.01. The number of nitriles is 1. The largest absolute Gasteiger partial charge is 0.497 e. The van der Waals surface area contributed by atoms with Crippen LogP contribution in [-0.4, -0.2) is 42.6 Å². The summed E-state index contributed by atoms with van der Waals surface area (Å²) in [5.74, 6) is 0.706. The number of amides is 1. The van der Waals surface area contributed by atoms with Gasteiger partial charge >= 0.3 is 0 Å². The molecule has 0 radical (unpaired) electrons. The van der Waals surface area contributed by atoms with Gasteiger partial charge in [-0.1, -0.05) is 12.1 Å². The standard InChI is InChI=1S/C21H22N4O5/c1-13-8-16(11-27-3)18(10-22)20(23-13)29-12-19-24-25(14(2)26)21(30-19)15-6-5-7-17(9-15)28-4/h5-9,21H,11-12H2,1-4H3/t21-/m1/s1. The zero-order valence-corrected chi connectivity index (χ0v) is 17.2. The highest BCUT2D eigenvalue weighted by atomic mass is 16.6. The molecule has 1 atom stereocenters. The quantitative estimate of drug-likeness (QED) is 0.691. The highest BCUT2D eigenvalue weighted by Crippen LogP contribution is 2.30. The summed E-state index contributed by atoms with van der Waals surface area (Å²) in [6, 6.07) is 11.1. The number of carbonyl (C=O) groups is 1. The van der Waals surface area contributed by atoms with E-state index in [1.165, 1.54) is 11.9 Å². The van der Waals surface area contributed by atoms with Gasteiger partial charge in [0.25, 0.3) is 0 Å². The smallest absolute Gasteiger partial charge is 0.247 e. The minimum Gasteiger partial charge on any atom is -0.497 e. The molecule has 1 aromatic heterocycles. The van der Waals surface area contributed by atoms with E-state index in [2.05, 4.69) is 16.2 Å². The van der Waals surface area contributed by atoms with Crippen molar-refractivity contribution in [2.75, 3.05) is 20.8 Å². The second-order valence-corrected chi connectivity index (χ2v) is 6.54. The van der Waals surface area contributed by atoms with Crippen LogP contribution in [-0.2, 0) is 20.9 Å². The number of nitrogens with zero attached hydrogens (tertiary/aromatic N) is 4. The molecule has 9 nitrogen and oxygen atoms in total. The zero-order valence-electron chi connectivity index (χ0n) is 17.2. The summed E-state index contributed by atoms with van der Waals surface area (Å²) in [6.07, 6.45) is -0.735. The first-order valence-corrected chi connectivity index (χ1v) is 9.17. The number of carbonyl (C=O) groups excluding carboxylic acids is 1. The number of benzene rings is 1. The molecule has 9 heteroatoms. The van der Waals surface area contributed by atoms with Gasteiger partial charge in [0.05, 0.1) is 13.7 Å². The first-order valence-electron chi connectivity index (χ1n) is 9.17. The third kappa shape index (κ3) is 4.50. The molecule has 0 fully saturated rings. The van der Waals surface area contributed by atoms with Crippen LogP contribution >= 0.6 is 0 Å². The predicted octanol–water partition coefficient (Wildman–Crippen LogP) is 2.69. The monoisotopic (exact) mass is 410 g/mol. The lowest BCUT2D eigenvalue weighted by Gasteiger charge is -2.19. The molecule has 2 heterocycles. The summed E-state index contributed by atoms with van der Waals surface area (Å²) in [5, 5.41) is 15.0. The molecule has 0 saturated carbocycles. The van der Waals surface area contributed by atoms with E-state index in [4.69, 9.17) is 18.9 Å². The van der Waals surface area contributed by atoms with Crippen LogP contribution in [0.4, 0.5) is 0 Å². The van der Waals surface area contributed by atoms with Crippen molar-refractivity contribution in [1.29, 1.82) is 5.26 Å². The molecular formula is C21H22N4O5. The van der Waals surface area contributed by atoms with Crippen LogP contribution in [0.1, 0.15) is 35.5 Å². The Balaban J connectivity index is 1.80. The van der Waals surface area contributed by atoms with Crippen molar-refractivity contribution in [2.45, 2.75) is 26.7 Å². The number of methoxy groups -OCH3 is 2. The van der Waals surface area contributed by atoms with E-state index >= 15 is 0 Å². The number of hydrazone groups is 1. The van der Waals surface area contributed by atoms with Crippen molar-refractivity contribution >= 4 is 11.8 Å². The van der Waals surface area contributed by atoms with Gasteiger partial charge in [0.1, 0.15) is 17.4 Å². The number of hydrogen-bond donors (Lipinski definition) is 0. The maximum absolute atomic E-state index is 12.1. The summed E-state index contributed by atoms with van der Waals surface area (Å²) in [7, 11) is 3.11. The van der Waals surface area contributed by atoms with Gasteiger partial charge in [-0.2, -0.15) is 10.3 Å². The first-order chi connectivity index (χ1) is 14.5. The fraction of sp³-hybridized carbons (Fsp3) is 0.333. The molecule has 0 aliphatic carbocycles. The van der Waals surface area contributed by atoms with Gasteiger partial charge < -0.3 is 18.9 Å². The number of ether oxygens (including phenoxy) is 4. The number of pyridine rings is 1. The highest BCUT2D eigenvalue weighted by Gasteiger charge is 2.33. The van der Waals surface area contributed by atoms with Crippen molar-refractivity contribution in [1.82, 2.24) is 9.99 Å². The van der Waals surface area contributed by atoms with Gasteiger partial charge in [0.2, 0.25) is 23.9 Å². The number of hydrogen-bond acceptors (Lipinski definition) is 8. The van der Waals surface area contributed by atoms with E-state index in [1.807, 2.05) is 6.07 Å². The van der Waals surface area contributed by atoms with Gasteiger partial charge in [-0.05, 0) is 25.1 Å². The Labute approximate surface area is 174 Å². The lowest BCUT2D eigenvalue weighted by molar-refractivity contribution is -0.135. The molecule has 3 rings (SSSR count). The third-order valence-corrected chi connectivity index (χ3v) is 4.33. The second-order valence-electron chi connectivity index (χ2n) is 6.54. The van der Waals surface area contributed by atoms with Crippen molar-refractivity contribution in [3.8, 4) is 17.7 Å². The van der Waals surface area contributed by atoms with E-state index in [9.17, 15) is 10.1 Å². The van der Waals surface area contributed by atoms with Crippen LogP contribution in [0, 0.1) is 18.3 Å². The average molecular weight is 410 g/mol. The number of aromatic nitrogens is 1. The molecule has 0 spiro atoms. The van der Waals surface area contributed by atoms with Gasteiger partial charge in [-0.3, -0.25) is 4.79 Å². The highest BCUT2D eigenvalue weighted by molar-refractivity contribution is 5.83. The maximum atomic E-state index is 12.1. The molecule has 0 bridgehead atoms. The molecular weight excluding hydrogens is 388 g/mol. The Morgan fingerprint density at radius 1 is 1.30 bits per heavy atom. The summed E-state index contributed by atoms with van der Waals surface area (Å²) in [6.45, 7) is 3.36. The Morgan fingerprint density at radius 3 is 2.77 bits per heavy atom. The van der Waals surface area contributed by atoms with Crippen LogP contribution in [0.2, 0.25) is 0 Å². The number of rotatable bonds is 7. The molecule has 1 amide bonds.